The number of hydrogen-bond donors (Lipinski definition) is 0. The normalized spacial score (nSPS) is 13.4. The van der Waals surface area contributed by atoms with Gasteiger partial charge in [0.25, 0.3) is 11.8 Å². The van der Waals surface area contributed by atoms with Gasteiger partial charge in [-0.2, -0.15) is 0 Å². The first kappa shape index (κ1) is 18.5. The molecule has 0 atom stereocenters. The van der Waals surface area contributed by atoms with Crippen molar-refractivity contribution < 1.29 is 9.59 Å². The summed E-state index contributed by atoms with van der Waals surface area (Å²) in [5.74, 6) is -0.471. The van der Waals surface area contributed by atoms with Gasteiger partial charge in [0.05, 0.1) is 11.1 Å². The molecule has 4 aromatic carbocycles. The Morgan fingerprint density at radius 2 is 0.733 bits per heavy atom. The van der Waals surface area contributed by atoms with E-state index in [9.17, 15) is 9.59 Å². The van der Waals surface area contributed by atoms with Crippen LogP contribution in [0.15, 0.2) is 115 Å². The van der Waals surface area contributed by atoms with Gasteiger partial charge in [-0.3, -0.25) is 9.59 Å². The zero-order chi connectivity index (χ0) is 20.6. The predicted octanol–water partition coefficient (Wildman–Crippen LogP) is 4.19. The summed E-state index contributed by atoms with van der Waals surface area (Å²) in [5.41, 5.74) is 0.935. The van der Waals surface area contributed by atoms with E-state index in [-0.39, 0.29) is 11.8 Å². The highest BCUT2D eigenvalue weighted by Gasteiger charge is 2.60. The summed E-state index contributed by atoms with van der Waals surface area (Å²) in [4.78, 5) is 27.4. The van der Waals surface area contributed by atoms with Gasteiger partial charge in [0.2, 0.25) is 7.41 Å². The number of hydrogen-bond acceptors (Lipinski definition) is 2. The molecule has 1 aliphatic heterocycles. The first-order chi connectivity index (χ1) is 14.7. The van der Waals surface area contributed by atoms with Gasteiger partial charge in [-0.1, -0.05) is 66.7 Å². The third kappa shape index (κ3) is 2.63. The minimum absolute atomic E-state index is 0.236. The van der Waals surface area contributed by atoms with Gasteiger partial charge >= 0.3 is 0 Å². The Balaban J connectivity index is 1.89. The van der Waals surface area contributed by atoms with Crippen LogP contribution in [0.4, 0.5) is 0 Å². The molecule has 0 spiro atoms. The molecule has 0 saturated heterocycles. The molecule has 0 N–H and O–H groups in total. The molecule has 0 bridgehead atoms. The van der Waals surface area contributed by atoms with E-state index in [0.717, 1.165) is 15.9 Å². The van der Waals surface area contributed by atoms with Crippen molar-refractivity contribution in [3.8, 4) is 0 Å². The first-order valence-corrected chi connectivity index (χ1v) is 11.5. The Morgan fingerprint density at radius 3 is 1.07 bits per heavy atom. The molecule has 4 aromatic rings. The van der Waals surface area contributed by atoms with Gasteiger partial charge in [-0.05, 0) is 48.5 Å². The Morgan fingerprint density at radius 1 is 0.433 bits per heavy atom. The van der Waals surface area contributed by atoms with E-state index in [1.807, 2.05) is 91.0 Å². The molecule has 144 valence electrons. The fraction of sp³-hybridized carbons (Fsp3) is 0. The van der Waals surface area contributed by atoms with Crippen molar-refractivity contribution in [3.05, 3.63) is 126 Å². The maximum Gasteiger partial charge on any atom is 0.294 e. The topological polar surface area (TPSA) is 37.4 Å². The van der Waals surface area contributed by atoms with Crippen LogP contribution >= 0.6 is 7.41 Å². The molecule has 30 heavy (non-hydrogen) atoms. The molecular formula is C26H19NO2P+. The average Bonchev–Trinajstić information content (AvgIpc) is 3.08. The number of carbonyl (C=O) groups is 2. The van der Waals surface area contributed by atoms with Gasteiger partial charge in [0.1, 0.15) is 15.9 Å². The Hall–Kier alpha value is -3.55. The smallest absolute Gasteiger partial charge is 0.265 e. The van der Waals surface area contributed by atoms with Crippen molar-refractivity contribution in [1.29, 1.82) is 0 Å². The second-order valence-corrected chi connectivity index (χ2v) is 10.3. The molecular weight excluding hydrogens is 389 g/mol. The maximum atomic E-state index is 13.7. The number of amides is 2. The van der Waals surface area contributed by atoms with E-state index in [4.69, 9.17) is 0 Å². The van der Waals surface area contributed by atoms with Crippen LogP contribution in [0.5, 0.6) is 0 Å². The van der Waals surface area contributed by atoms with E-state index in [0.29, 0.717) is 11.1 Å². The highest BCUT2D eigenvalue weighted by atomic mass is 31.2. The lowest BCUT2D eigenvalue weighted by atomic mass is 10.1. The number of carbonyl (C=O) groups excluding carboxylic acids is 2. The van der Waals surface area contributed by atoms with Crippen LogP contribution in [-0.2, 0) is 0 Å². The summed E-state index contributed by atoms with van der Waals surface area (Å²) in [6.45, 7) is 0. The predicted molar refractivity (Wildman–Crippen MR) is 122 cm³/mol. The molecule has 2 amide bonds. The van der Waals surface area contributed by atoms with Crippen molar-refractivity contribution >= 4 is 35.1 Å². The Bertz CT molecular complexity index is 1090. The molecule has 0 unspecified atom stereocenters. The average molecular weight is 408 g/mol. The number of benzene rings is 4. The molecule has 4 heteroatoms. The third-order valence-electron chi connectivity index (χ3n) is 5.46. The fourth-order valence-corrected chi connectivity index (χ4v) is 8.33. The number of rotatable bonds is 4. The molecule has 1 aliphatic rings. The zero-order valence-corrected chi connectivity index (χ0v) is 17.1. The van der Waals surface area contributed by atoms with Crippen LogP contribution in [0.3, 0.4) is 0 Å². The van der Waals surface area contributed by atoms with Crippen LogP contribution in [0, 0.1) is 0 Å². The van der Waals surface area contributed by atoms with E-state index in [2.05, 4.69) is 0 Å². The van der Waals surface area contributed by atoms with E-state index < -0.39 is 7.41 Å². The van der Waals surface area contributed by atoms with Crippen molar-refractivity contribution in [1.82, 2.24) is 4.67 Å². The second kappa shape index (κ2) is 7.37. The summed E-state index contributed by atoms with van der Waals surface area (Å²) in [5, 5.41) is 2.91. The Labute approximate surface area is 176 Å². The molecule has 0 aromatic heterocycles. The zero-order valence-electron chi connectivity index (χ0n) is 16.2. The summed E-state index contributed by atoms with van der Waals surface area (Å²) in [6, 6.07) is 36.9. The summed E-state index contributed by atoms with van der Waals surface area (Å²) >= 11 is 0. The molecule has 3 nitrogen and oxygen atoms in total. The lowest BCUT2D eigenvalue weighted by molar-refractivity contribution is 0.0769. The monoisotopic (exact) mass is 408 g/mol. The summed E-state index contributed by atoms with van der Waals surface area (Å²) < 4.78 is 1.54. The van der Waals surface area contributed by atoms with Gasteiger partial charge in [0.15, 0.2) is 0 Å². The van der Waals surface area contributed by atoms with E-state index in [1.165, 1.54) is 4.67 Å². The molecule has 0 saturated carbocycles. The van der Waals surface area contributed by atoms with Crippen LogP contribution in [-0.4, -0.2) is 16.5 Å². The molecule has 0 fully saturated rings. The fourth-order valence-electron chi connectivity index (χ4n) is 4.17. The Kier molecular flexibility index (Phi) is 4.54. The van der Waals surface area contributed by atoms with Gasteiger partial charge < -0.3 is 0 Å². The quantitative estimate of drug-likeness (QED) is 0.375. The standard InChI is InChI=1S/C26H19NO2P/c28-25-23-18-10-11-19-24(23)26(29)27(25)30(20-12-4-1-5-13-20,21-14-6-2-7-15-21)22-16-8-3-9-17-22/h1-19H/q+1. The maximum absolute atomic E-state index is 13.7. The minimum Gasteiger partial charge on any atom is -0.265 e. The molecule has 0 radical (unpaired) electrons. The summed E-state index contributed by atoms with van der Waals surface area (Å²) in [6.07, 6.45) is 0. The van der Waals surface area contributed by atoms with Gasteiger partial charge in [-0.25, -0.2) is 0 Å². The van der Waals surface area contributed by atoms with E-state index >= 15 is 0 Å². The van der Waals surface area contributed by atoms with Crippen molar-refractivity contribution in [2.24, 2.45) is 0 Å². The van der Waals surface area contributed by atoms with Crippen molar-refractivity contribution in [3.63, 3.8) is 0 Å². The molecule has 1 heterocycles. The lowest BCUT2D eigenvalue weighted by Crippen LogP contribution is -2.46. The number of fused-ring (bicyclic) bond motifs is 1. The number of imide groups is 1. The van der Waals surface area contributed by atoms with Crippen LogP contribution in [0.1, 0.15) is 20.7 Å². The van der Waals surface area contributed by atoms with Gasteiger partial charge in [0, 0.05) is 0 Å². The summed E-state index contributed by atoms with van der Waals surface area (Å²) in [7, 11) is -2.76. The number of nitrogens with zero attached hydrogens (tertiary/aromatic N) is 1. The highest BCUT2D eigenvalue weighted by molar-refractivity contribution is 7.94. The van der Waals surface area contributed by atoms with E-state index in [1.54, 1.807) is 24.3 Å². The first-order valence-electron chi connectivity index (χ1n) is 9.79. The minimum atomic E-state index is -2.76. The van der Waals surface area contributed by atoms with Crippen LogP contribution in [0.25, 0.3) is 0 Å². The molecule has 0 aliphatic carbocycles. The van der Waals surface area contributed by atoms with Gasteiger partial charge in [-0.15, -0.1) is 4.67 Å². The van der Waals surface area contributed by atoms with Crippen LogP contribution < -0.4 is 15.9 Å². The SMILES string of the molecule is O=C1c2ccccc2C(=O)N1[P+](c1ccccc1)(c1ccccc1)c1ccccc1. The van der Waals surface area contributed by atoms with Crippen molar-refractivity contribution in [2.45, 2.75) is 0 Å². The third-order valence-corrected chi connectivity index (χ3v) is 9.56. The highest BCUT2D eigenvalue weighted by Crippen LogP contribution is 2.61. The largest absolute Gasteiger partial charge is 0.294 e. The molecule has 5 rings (SSSR count). The second-order valence-electron chi connectivity index (χ2n) is 7.11. The van der Waals surface area contributed by atoms with Crippen molar-refractivity contribution in [2.75, 3.05) is 0 Å². The lowest BCUT2D eigenvalue weighted by Gasteiger charge is -2.32. The van der Waals surface area contributed by atoms with Crippen LogP contribution in [0.2, 0.25) is 0 Å².